The lowest BCUT2D eigenvalue weighted by molar-refractivity contribution is 0.723. The van der Waals surface area contributed by atoms with E-state index in [-0.39, 0.29) is 0 Å². The zero-order valence-corrected chi connectivity index (χ0v) is 37.5. The van der Waals surface area contributed by atoms with E-state index in [1.807, 2.05) is 84.8 Å². The lowest BCUT2D eigenvalue weighted by atomic mass is 9.66. The molecule has 1 spiro atoms. The van der Waals surface area contributed by atoms with Crippen LogP contribution in [0.15, 0.2) is 247 Å². The molecule has 68 heavy (non-hydrogen) atoms. The summed E-state index contributed by atoms with van der Waals surface area (Å²) in [5.41, 5.74) is 19.6. The molecule has 6 heteroatoms. The average Bonchev–Trinajstić information content (AvgIpc) is 3.72. The first-order valence-corrected chi connectivity index (χ1v) is 23.6. The van der Waals surface area contributed by atoms with Crippen molar-refractivity contribution in [3.63, 3.8) is 0 Å². The Balaban J connectivity index is 0.963. The molecular weight excluding hydrogens is 847 g/mol. The van der Waals surface area contributed by atoms with E-state index in [0.29, 0.717) is 5.82 Å². The van der Waals surface area contributed by atoms with Gasteiger partial charge in [-0.1, -0.05) is 169 Å². The second kappa shape index (κ2) is 16.4. The molecule has 0 atom stereocenters. The van der Waals surface area contributed by atoms with Crippen molar-refractivity contribution in [2.75, 3.05) is 0 Å². The molecule has 318 valence electrons. The summed E-state index contributed by atoms with van der Waals surface area (Å²) in [6.45, 7) is 0. The molecule has 0 fully saturated rings. The van der Waals surface area contributed by atoms with Crippen molar-refractivity contribution in [3.8, 4) is 90.1 Å². The molecule has 0 amide bonds. The molecule has 0 bridgehead atoms. The van der Waals surface area contributed by atoms with Gasteiger partial charge in [0.05, 0.1) is 39.6 Å². The Kier molecular flexibility index (Phi) is 9.58. The number of hydrogen-bond acceptors (Lipinski definition) is 6. The lowest BCUT2D eigenvalue weighted by Gasteiger charge is -2.40. The summed E-state index contributed by atoms with van der Waals surface area (Å²) in [5.74, 6) is 0.704. The fourth-order valence-electron chi connectivity index (χ4n) is 10.2. The second-order valence-corrected chi connectivity index (χ2v) is 18.3. The van der Waals surface area contributed by atoms with Gasteiger partial charge in [-0.2, -0.15) is 0 Å². The van der Waals surface area contributed by atoms with Crippen LogP contribution < -0.4 is 0 Å². The van der Waals surface area contributed by atoms with Crippen molar-refractivity contribution in [2.24, 2.45) is 0 Å². The van der Waals surface area contributed by atoms with Crippen molar-refractivity contribution in [1.82, 2.24) is 24.9 Å². The Hall–Kier alpha value is -8.58. The van der Waals surface area contributed by atoms with Gasteiger partial charge in [0.2, 0.25) is 0 Å². The fourth-order valence-corrected chi connectivity index (χ4v) is 11.3. The molecule has 2 aliphatic rings. The van der Waals surface area contributed by atoms with Gasteiger partial charge in [0.15, 0.2) is 5.82 Å². The van der Waals surface area contributed by atoms with Crippen LogP contribution in [0.1, 0.15) is 22.3 Å². The van der Waals surface area contributed by atoms with Crippen molar-refractivity contribution in [2.45, 2.75) is 15.2 Å². The zero-order valence-electron chi connectivity index (χ0n) is 36.7. The van der Waals surface area contributed by atoms with Gasteiger partial charge in [0, 0.05) is 38.9 Å². The smallest absolute Gasteiger partial charge is 0.160 e. The Bertz CT molecular complexity index is 3530. The van der Waals surface area contributed by atoms with Crippen molar-refractivity contribution < 1.29 is 0 Å². The highest BCUT2D eigenvalue weighted by molar-refractivity contribution is 7.99. The van der Waals surface area contributed by atoms with Crippen LogP contribution in [-0.2, 0) is 5.41 Å². The normalized spacial score (nSPS) is 12.8. The number of hydrogen-bond donors (Lipinski definition) is 0. The van der Waals surface area contributed by atoms with E-state index in [9.17, 15) is 0 Å². The van der Waals surface area contributed by atoms with E-state index < -0.39 is 5.41 Å². The standard InChI is InChI=1S/C62H39N5S/c1-3-15-41(16-4-1)55-39-56(67-61(66-55)43-17-5-2-6-18-43)42-27-25-40(26-28-42)44-29-31-59-51(35-44)62(49-21-9-7-19-47(49)48-20-8-10-22-50(48)62)52-36-45(30-32-60(52)68-59)46-37-57(53-23-11-13-33-63-53)65-58(38-46)54-24-12-14-34-64-54/h1-39H. The molecule has 0 N–H and O–H groups in total. The van der Waals surface area contributed by atoms with Crippen molar-refractivity contribution in [1.29, 1.82) is 0 Å². The number of rotatable bonds is 7. The van der Waals surface area contributed by atoms with E-state index in [4.69, 9.17) is 24.9 Å². The minimum absolute atomic E-state index is 0.585. The SMILES string of the molecule is c1ccc(-c2cc(-c3ccc(-c4ccc5c(c4)C4(c6cc(-c7cc(-c8ccccn8)nc(-c8ccccn8)c7)ccc6S5)c5ccccc5-c5ccccc54)cc3)nc(-c3ccccc3)n2)cc1. The summed E-state index contributed by atoms with van der Waals surface area (Å²) in [4.78, 5) is 27.2. The third kappa shape index (κ3) is 6.68. The fraction of sp³-hybridized carbons (Fsp3) is 0.0161. The van der Waals surface area contributed by atoms with Crippen LogP contribution in [0, 0.1) is 0 Å². The predicted octanol–water partition coefficient (Wildman–Crippen LogP) is 15.2. The molecular formula is C62H39N5S. The number of benzene rings is 7. The maximum Gasteiger partial charge on any atom is 0.160 e. The molecule has 1 aliphatic carbocycles. The minimum Gasteiger partial charge on any atom is -0.255 e. The Labute approximate surface area is 399 Å². The van der Waals surface area contributed by atoms with Gasteiger partial charge in [0.25, 0.3) is 0 Å². The van der Waals surface area contributed by atoms with Gasteiger partial charge in [-0.05, 0) is 122 Å². The average molecular weight is 886 g/mol. The van der Waals surface area contributed by atoms with E-state index >= 15 is 0 Å². The van der Waals surface area contributed by atoms with Gasteiger partial charge in [-0.25, -0.2) is 15.0 Å². The quantitative estimate of drug-likeness (QED) is 0.159. The molecule has 0 saturated carbocycles. The highest BCUT2D eigenvalue weighted by Gasteiger charge is 2.50. The Morgan fingerprint density at radius 3 is 1.28 bits per heavy atom. The Morgan fingerprint density at radius 2 is 0.735 bits per heavy atom. The monoisotopic (exact) mass is 885 g/mol. The highest BCUT2D eigenvalue weighted by Crippen LogP contribution is 2.63. The zero-order chi connectivity index (χ0) is 45.0. The van der Waals surface area contributed by atoms with Crippen LogP contribution in [-0.4, -0.2) is 24.9 Å². The second-order valence-electron chi connectivity index (χ2n) is 17.2. The summed E-state index contributed by atoms with van der Waals surface area (Å²) in [7, 11) is 0. The van der Waals surface area contributed by atoms with Gasteiger partial charge in [0.1, 0.15) is 0 Å². The van der Waals surface area contributed by atoms with E-state index in [1.54, 1.807) is 0 Å². The summed E-state index contributed by atoms with van der Waals surface area (Å²) in [6, 6.07) is 79.8. The number of fused-ring (bicyclic) bond motifs is 9. The molecule has 0 saturated heterocycles. The molecule has 7 aromatic carbocycles. The molecule has 0 radical (unpaired) electrons. The van der Waals surface area contributed by atoms with Crippen LogP contribution >= 0.6 is 11.8 Å². The topological polar surface area (TPSA) is 64.5 Å². The van der Waals surface area contributed by atoms with Gasteiger partial charge < -0.3 is 0 Å². The van der Waals surface area contributed by atoms with Gasteiger partial charge in [-0.3, -0.25) is 9.97 Å². The third-order valence-corrected chi connectivity index (χ3v) is 14.4. The van der Waals surface area contributed by atoms with Crippen LogP contribution in [0.25, 0.3) is 90.1 Å². The maximum atomic E-state index is 5.12. The molecule has 13 rings (SSSR count). The largest absolute Gasteiger partial charge is 0.255 e. The van der Waals surface area contributed by atoms with Crippen LogP contribution in [0.2, 0.25) is 0 Å². The summed E-state index contributed by atoms with van der Waals surface area (Å²) < 4.78 is 0. The van der Waals surface area contributed by atoms with Crippen LogP contribution in [0.4, 0.5) is 0 Å². The molecule has 5 nitrogen and oxygen atoms in total. The van der Waals surface area contributed by atoms with Gasteiger partial charge >= 0.3 is 0 Å². The van der Waals surface area contributed by atoms with E-state index in [2.05, 4.69) is 164 Å². The number of pyridine rings is 3. The first-order chi connectivity index (χ1) is 33.7. The summed E-state index contributed by atoms with van der Waals surface area (Å²) in [6.07, 6.45) is 3.64. The first-order valence-electron chi connectivity index (χ1n) is 22.8. The predicted molar refractivity (Wildman–Crippen MR) is 275 cm³/mol. The first kappa shape index (κ1) is 39.8. The third-order valence-electron chi connectivity index (χ3n) is 13.3. The summed E-state index contributed by atoms with van der Waals surface area (Å²) in [5, 5.41) is 0. The molecule has 4 aromatic heterocycles. The van der Waals surface area contributed by atoms with E-state index in [0.717, 1.165) is 73.1 Å². The lowest BCUT2D eigenvalue weighted by Crippen LogP contribution is -2.32. The van der Waals surface area contributed by atoms with E-state index in [1.165, 1.54) is 43.2 Å². The molecule has 5 heterocycles. The van der Waals surface area contributed by atoms with Crippen LogP contribution in [0.3, 0.4) is 0 Å². The van der Waals surface area contributed by atoms with Gasteiger partial charge in [-0.15, -0.1) is 0 Å². The molecule has 11 aromatic rings. The highest BCUT2D eigenvalue weighted by atomic mass is 32.2. The van der Waals surface area contributed by atoms with Crippen molar-refractivity contribution >= 4 is 11.8 Å². The van der Waals surface area contributed by atoms with Crippen LogP contribution in [0.5, 0.6) is 0 Å². The molecule has 0 unspecified atom stereocenters. The molecule has 1 aliphatic heterocycles. The summed E-state index contributed by atoms with van der Waals surface area (Å²) >= 11 is 1.85. The Morgan fingerprint density at radius 1 is 0.279 bits per heavy atom. The maximum absolute atomic E-state index is 5.12. The minimum atomic E-state index is -0.585. The number of nitrogens with zero attached hydrogens (tertiary/aromatic N) is 5. The van der Waals surface area contributed by atoms with Crippen molar-refractivity contribution in [3.05, 3.63) is 259 Å². The number of aromatic nitrogens is 5.